The van der Waals surface area contributed by atoms with Gasteiger partial charge in [0.2, 0.25) is 0 Å². The molecule has 0 unspecified atom stereocenters. The first-order chi connectivity index (χ1) is 14.3. The molecule has 0 aromatic heterocycles. The number of unbranched alkanes of at least 4 members (excludes halogenated alkanes) is 1. The largest absolute Gasteiger partial charge is 0.370 e. The zero-order valence-electron chi connectivity index (χ0n) is 17.7. The summed E-state index contributed by atoms with van der Waals surface area (Å²) in [6, 6.07) is 17.3. The fourth-order valence-corrected chi connectivity index (χ4v) is 4.35. The van der Waals surface area contributed by atoms with E-state index in [1.54, 1.807) is 0 Å². The van der Waals surface area contributed by atoms with Crippen LogP contribution < -0.4 is 16.0 Å². The predicted octanol–water partition coefficient (Wildman–Crippen LogP) is 4.12. The van der Waals surface area contributed by atoms with Crippen molar-refractivity contribution in [1.82, 2.24) is 4.90 Å². The van der Waals surface area contributed by atoms with Gasteiger partial charge in [-0.3, -0.25) is 9.89 Å². The second-order valence-corrected chi connectivity index (χ2v) is 8.10. The molecular weight excluding hydrogens is 485 g/mol. The highest BCUT2D eigenvalue weighted by Gasteiger charge is 2.16. The Kier molecular flexibility index (Phi) is 8.81. The van der Waals surface area contributed by atoms with Gasteiger partial charge in [-0.25, -0.2) is 0 Å². The summed E-state index contributed by atoms with van der Waals surface area (Å²) in [6.45, 7) is 6.43. The Morgan fingerprint density at radius 3 is 2.50 bits per heavy atom. The lowest BCUT2D eigenvalue weighted by molar-refractivity contribution is 0.253. The second kappa shape index (κ2) is 11.6. The zero-order valence-corrected chi connectivity index (χ0v) is 20.1. The molecule has 2 aliphatic rings. The number of fused-ring (bicyclic) bond motifs is 1. The van der Waals surface area contributed by atoms with Crippen molar-refractivity contribution in [2.45, 2.75) is 32.1 Å². The molecule has 0 amide bonds. The molecule has 0 bridgehead atoms. The molecule has 162 valence electrons. The fourth-order valence-electron chi connectivity index (χ4n) is 4.35. The Balaban J connectivity index is 0.00000256. The van der Waals surface area contributed by atoms with Crippen molar-refractivity contribution in [3.8, 4) is 0 Å². The summed E-state index contributed by atoms with van der Waals surface area (Å²) in [6.07, 6.45) is 5.90. The molecule has 0 spiro atoms. The number of aliphatic imine (C=N–C) groups is 1. The highest BCUT2D eigenvalue weighted by molar-refractivity contribution is 14.0. The third-order valence-corrected chi connectivity index (χ3v) is 6.03. The van der Waals surface area contributed by atoms with E-state index in [9.17, 15) is 0 Å². The number of piperazine rings is 1. The summed E-state index contributed by atoms with van der Waals surface area (Å²) < 4.78 is 0. The van der Waals surface area contributed by atoms with Crippen LogP contribution in [0.4, 0.5) is 11.4 Å². The molecule has 30 heavy (non-hydrogen) atoms. The van der Waals surface area contributed by atoms with Crippen LogP contribution in [0.2, 0.25) is 0 Å². The van der Waals surface area contributed by atoms with Gasteiger partial charge in [0.1, 0.15) is 0 Å². The summed E-state index contributed by atoms with van der Waals surface area (Å²) >= 11 is 0. The standard InChI is InChI=1S/C24H33N5.HI/c25-24(27-22-12-11-20-7-6-8-21(20)19-22)26-13-4-5-14-28-15-17-29(18-16-28)23-9-2-1-3-10-23;/h1-3,9-12,19H,4-8,13-18H2,(H3,25,26,27);1H. The topological polar surface area (TPSA) is 56.9 Å². The second-order valence-electron chi connectivity index (χ2n) is 8.10. The summed E-state index contributed by atoms with van der Waals surface area (Å²) in [4.78, 5) is 9.55. The van der Waals surface area contributed by atoms with Crippen LogP contribution in [0.1, 0.15) is 30.4 Å². The highest BCUT2D eigenvalue weighted by atomic mass is 127. The molecule has 1 heterocycles. The van der Waals surface area contributed by atoms with Gasteiger partial charge in [-0.15, -0.1) is 24.0 Å². The smallest absolute Gasteiger partial charge is 0.193 e. The van der Waals surface area contributed by atoms with E-state index in [0.717, 1.165) is 51.4 Å². The van der Waals surface area contributed by atoms with Crippen molar-refractivity contribution >= 4 is 41.3 Å². The zero-order chi connectivity index (χ0) is 19.9. The molecule has 1 saturated heterocycles. The number of hydrogen-bond donors (Lipinski definition) is 2. The van der Waals surface area contributed by atoms with Crippen LogP contribution in [0, 0.1) is 0 Å². The van der Waals surface area contributed by atoms with Crippen LogP contribution >= 0.6 is 24.0 Å². The van der Waals surface area contributed by atoms with Crippen molar-refractivity contribution in [3.63, 3.8) is 0 Å². The van der Waals surface area contributed by atoms with Crippen LogP contribution in [0.5, 0.6) is 0 Å². The maximum Gasteiger partial charge on any atom is 0.193 e. The third-order valence-electron chi connectivity index (χ3n) is 6.03. The molecule has 1 aliphatic carbocycles. The molecule has 0 radical (unpaired) electrons. The minimum atomic E-state index is 0. The van der Waals surface area contributed by atoms with E-state index >= 15 is 0 Å². The van der Waals surface area contributed by atoms with Crippen molar-refractivity contribution in [2.24, 2.45) is 10.7 Å². The van der Waals surface area contributed by atoms with Crippen LogP contribution in [-0.2, 0) is 12.8 Å². The van der Waals surface area contributed by atoms with Gasteiger partial charge in [0.05, 0.1) is 0 Å². The van der Waals surface area contributed by atoms with Crippen LogP contribution in [0.3, 0.4) is 0 Å². The molecule has 1 aliphatic heterocycles. The molecule has 1 fully saturated rings. The number of anilines is 2. The Labute approximate surface area is 197 Å². The molecule has 6 heteroatoms. The lowest BCUT2D eigenvalue weighted by atomic mass is 10.1. The van der Waals surface area contributed by atoms with Crippen molar-refractivity contribution < 1.29 is 0 Å². The first-order valence-corrected chi connectivity index (χ1v) is 11.0. The number of hydrogen-bond acceptors (Lipinski definition) is 3. The van der Waals surface area contributed by atoms with Gasteiger partial charge >= 0.3 is 0 Å². The molecule has 4 rings (SSSR count). The quantitative estimate of drug-likeness (QED) is 0.250. The van der Waals surface area contributed by atoms with Gasteiger partial charge < -0.3 is 16.0 Å². The predicted molar refractivity (Wildman–Crippen MR) is 138 cm³/mol. The van der Waals surface area contributed by atoms with Crippen LogP contribution in [0.15, 0.2) is 53.5 Å². The van der Waals surface area contributed by atoms with Gasteiger partial charge in [-0.05, 0) is 74.0 Å². The maximum absolute atomic E-state index is 6.07. The maximum atomic E-state index is 6.07. The summed E-state index contributed by atoms with van der Waals surface area (Å²) in [5, 5.41) is 3.24. The minimum absolute atomic E-state index is 0. The van der Waals surface area contributed by atoms with E-state index in [0.29, 0.717) is 5.96 Å². The van der Waals surface area contributed by atoms with Crippen LogP contribution in [0.25, 0.3) is 0 Å². The number of aryl methyl sites for hydroxylation is 2. The van der Waals surface area contributed by atoms with Gasteiger partial charge in [0.15, 0.2) is 5.96 Å². The number of nitrogens with zero attached hydrogens (tertiary/aromatic N) is 3. The van der Waals surface area contributed by atoms with E-state index < -0.39 is 0 Å². The molecule has 0 atom stereocenters. The SMILES string of the molecule is I.NC(=NCCCCN1CCN(c2ccccc2)CC1)Nc1ccc2c(c1)CCC2. The minimum Gasteiger partial charge on any atom is -0.370 e. The number of nitrogens with one attached hydrogen (secondary N) is 1. The van der Waals surface area contributed by atoms with Crippen molar-refractivity contribution in [3.05, 3.63) is 59.7 Å². The summed E-state index contributed by atoms with van der Waals surface area (Å²) in [5.41, 5.74) is 11.4. The molecule has 2 aromatic rings. The monoisotopic (exact) mass is 519 g/mol. The lowest BCUT2D eigenvalue weighted by Gasteiger charge is -2.36. The molecule has 2 aromatic carbocycles. The Hall–Kier alpha value is -1.80. The number of guanidine groups is 1. The van der Waals surface area contributed by atoms with Crippen molar-refractivity contribution in [1.29, 1.82) is 0 Å². The highest BCUT2D eigenvalue weighted by Crippen LogP contribution is 2.24. The van der Waals surface area contributed by atoms with E-state index in [1.165, 1.54) is 42.5 Å². The lowest BCUT2D eigenvalue weighted by Crippen LogP contribution is -2.46. The first kappa shape index (κ1) is 22.9. The number of halogens is 1. The molecule has 3 N–H and O–H groups in total. The normalized spacial score (nSPS) is 16.8. The van der Waals surface area contributed by atoms with Gasteiger partial charge in [-0.1, -0.05) is 24.3 Å². The first-order valence-electron chi connectivity index (χ1n) is 11.0. The van der Waals surface area contributed by atoms with Gasteiger partial charge in [0, 0.05) is 44.1 Å². The Bertz CT molecular complexity index is 816. The van der Waals surface area contributed by atoms with Crippen molar-refractivity contribution in [2.75, 3.05) is 49.5 Å². The van der Waals surface area contributed by atoms with E-state index in [4.69, 9.17) is 5.73 Å². The summed E-state index contributed by atoms with van der Waals surface area (Å²) in [7, 11) is 0. The van der Waals surface area contributed by atoms with Gasteiger partial charge in [0.25, 0.3) is 0 Å². The van der Waals surface area contributed by atoms with Gasteiger partial charge in [-0.2, -0.15) is 0 Å². The molecular formula is C24H34IN5. The number of rotatable bonds is 7. The van der Waals surface area contributed by atoms with E-state index in [2.05, 4.69) is 68.6 Å². The fraction of sp³-hybridized carbons (Fsp3) is 0.458. The Morgan fingerprint density at radius 2 is 1.70 bits per heavy atom. The van der Waals surface area contributed by atoms with E-state index in [-0.39, 0.29) is 24.0 Å². The summed E-state index contributed by atoms with van der Waals surface area (Å²) in [5.74, 6) is 0.527. The average molecular weight is 519 g/mol. The molecule has 5 nitrogen and oxygen atoms in total. The van der Waals surface area contributed by atoms with E-state index in [1.807, 2.05) is 0 Å². The number of para-hydroxylation sites is 1. The average Bonchev–Trinajstić information content (AvgIpc) is 3.22. The number of nitrogens with two attached hydrogens (primary N) is 1. The Morgan fingerprint density at radius 1 is 0.933 bits per heavy atom. The molecule has 0 saturated carbocycles. The number of benzene rings is 2. The third kappa shape index (κ3) is 6.35. The van der Waals surface area contributed by atoms with Crippen LogP contribution in [-0.4, -0.2) is 50.1 Å².